The molecule has 0 fully saturated rings. The highest BCUT2D eigenvalue weighted by atomic mass is 35.5. The van der Waals surface area contributed by atoms with Gasteiger partial charge in [-0.15, -0.1) is 23.7 Å². The number of nitrogens with zero attached hydrogens (tertiary/aromatic N) is 1. The SMILES string of the molecule is Cc1cc(S(=O)(=O)N(C)CC(C)(C)CN)c(C)s1.Cl. The van der Waals surface area contributed by atoms with Gasteiger partial charge in [0.05, 0.1) is 4.90 Å². The maximum atomic E-state index is 12.5. The summed E-state index contributed by atoms with van der Waals surface area (Å²) in [6.45, 7) is 8.55. The monoisotopic (exact) mass is 326 g/mol. The summed E-state index contributed by atoms with van der Waals surface area (Å²) in [5, 5.41) is 0. The molecule has 112 valence electrons. The van der Waals surface area contributed by atoms with Gasteiger partial charge in [0.15, 0.2) is 0 Å². The normalized spacial score (nSPS) is 12.6. The second-order valence-corrected chi connectivity index (χ2v) is 8.88. The number of sulfonamides is 1. The first-order valence-corrected chi connectivity index (χ1v) is 8.09. The van der Waals surface area contributed by atoms with Crippen LogP contribution in [0, 0.1) is 19.3 Å². The van der Waals surface area contributed by atoms with Crippen molar-refractivity contribution in [2.24, 2.45) is 11.1 Å². The standard InChI is InChI=1S/C12H22N2O2S2.ClH/c1-9-6-11(10(2)17-9)18(15,16)14(5)8-12(3,4)7-13;/h6H,7-8,13H2,1-5H3;1H. The molecule has 0 saturated heterocycles. The molecule has 19 heavy (non-hydrogen) atoms. The Hall–Kier alpha value is -0.140. The van der Waals surface area contributed by atoms with Crippen molar-refractivity contribution in [2.45, 2.75) is 32.6 Å². The van der Waals surface area contributed by atoms with Crippen molar-refractivity contribution in [3.8, 4) is 0 Å². The molecule has 0 aliphatic heterocycles. The lowest BCUT2D eigenvalue weighted by Crippen LogP contribution is -2.39. The maximum absolute atomic E-state index is 12.5. The van der Waals surface area contributed by atoms with Crippen LogP contribution in [-0.4, -0.2) is 32.9 Å². The lowest BCUT2D eigenvalue weighted by atomic mass is 9.94. The first kappa shape index (κ1) is 18.9. The summed E-state index contributed by atoms with van der Waals surface area (Å²) in [5.74, 6) is 0. The highest BCUT2D eigenvalue weighted by Crippen LogP contribution is 2.28. The minimum atomic E-state index is -3.40. The van der Waals surface area contributed by atoms with Gasteiger partial charge in [0.25, 0.3) is 0 Å². The van der Waals surface area contributed by atoms with Crippen molar-refractivity contribution in [1.29, 1.82) is 0 Å². The lowest BCUT2D eigenvalue weighted by Gasteiger charge is -2.28. The summed E-state index contributed by atoms with van der Waals surface area (Å²) in [6, 6.07) is 1.74. The zero-order valence-electron chi connectivity index (χ0n) is 12.1. The molecule has 0 atom stereocenters. The fraction of sp³-hybridized carbons (Fsp3) is 0.667. The number of hydrogen-bond donors (Lipinski definition) is 1. The van der Waals surface area contributed by atoms with Crippen molar-refractivity contribution in [3.05, 3.63) is 15.8 Å². The summed E-state index contributed by atoms with van der Waals surface area (Å²) < 4.78 is 26.3. The van der Waals surface area contributed by atoms with Crippen molar-refractivity contribution in [3.63, 3.8) is 0 Å². The predicted octanol–water partition coefficient (Wildman–Crippen LogP) is 2.39. The van der Waals surface area contributed by atoms with Crippen LogP contribution < -0.4 is 5.73 Å². The van der Waals surface area contributed by atoms with Gasteiger partial charge in [-0.1, -0.05) is 13.8 Å². The Kier molecular flexibility index (Phi) is 6.49. The topological polar surface area (TPSA) is 63.4 Å². The molecule has 1 aromatic heterocycles. The molecular weight excluding hydrogens is 304 g/mol. The van der Waals surface area contributed by atoms with Crippen LogP contribution in [0.5, 0.6) is 0 Å². The molecule has 0 aliphatic carbocycles. The van der Waals surface area contributed by atoms with E-state index >= 15 is 0 Å². The molecule has 2 N–H and O–H groups in total. The molecule has 1 rings (SSSR count). The summed E-state index contributed by atoms with van der Waals surface area (Å²) in [4.78, 5) is 2.27. The van der Waals surface area contributed by atoms with E-state index in [1.54, 1.807) is 13.1 Å². The van der Waals surface area contributed by atoms with Crippen LogP contribution >= 0.6 is 23.7 Å². The van der Waals surface area contributed by atoms with E-state index in [0.29, 0.717) is 18.0 Å². The van der Waals surface area contributed by atoms with Gasteiger partial charge in [-0.25, -0.2) is 12.7 Å². The fourth-order valence-electron chi connectivity index (χ4n) is 1.78. The van der Waals surface area contributed by atoms with Crippen LogP contribution in [0.15, 0.2) is 11.0 Å². The van der Waals surface area contributed by atoms with Crippen molar-refractivity contribution in [1.82, 2.24) is 4.31 Å². The number of halogens is 1. The summed E-state index contributed by atoms with van der Waals surface area (Å²) >= 11 is 1.51. The second kappa shape index (κ2) is 6.54. The van der Waals surface area contributed by atoms with E-state index < -0.39 is 10.0 Å². The third kappa shape index (κ3) is 4.43. The molecule has 1 heterocycles. The van der Waals surface area contributed by atoms with Crippen LogP contribution in [0.3, 0.4) is 0 Å². The van der Waals surface area contributed by atoms with E-state index in [1.807, 2.05) is 27.7 Å². The van der Waals surface area contributed by atoms with Crippen LogP contribution in [0.2, 0.25) is 0 Å². The number of nitrogens with two attached hydrogens (primary N) is 1. The summed E-state index contributed by atoms with van der Waals surface area (Å²) in [6.07, 6.45) is 0. The Labute approximate surface area is 126 Å². The van der Waals surface area contributed by atoms with Crippen molar-refractivity contribution in [2.75, 3.05) is 20.1 Å². The Bertz CT molecular complexity index is 524. The van der Waals surface area contributed by atoms with E-state index in [-0.39, 0.29) is 17.8 Å². The summed E-state index contributed by atoms with van der Waals surface area (Å²) in [7, 11) is -1.79. The quantitative estimate of drug-likeness (QED) is 0.903. The van der Waals surface area contributed by atoms with Gasteiger partial charge in [0.1, 0.15) is 0 Å². The van der Waals surface area contributed by atoms with Gasteiger partial charge in [0, 0.05) is 23.3 Å². The van der Waals surface area contributed by atoms with E-state index in [2.05, 4.69) is 0 Å². The Balaban J connectivity index is 0.00000324. The molecule has 0 aromatic carbocycles. The first-order chi connectivity index (χ1) is 8.10. The average Bonchev–Trinajstić information content (AvgIpc) is 2.57. The molecule has 0 saturated carbocycles. The predicted molar refractivity (Wildman–Crippen MR) is 83.7 cm³/mol. The molecule has 0 aliphatic rings. The number of aryl methyl sites for hydroxylation is 2. The molecule has 1 aromatic rings. The van der Waals surface area contributed by atoms with Gasteiger partial charge in [-0.05, 0) is 31.9 Å². The highest BCUT2D eigenvalue weighted by Gasteiger charge is 2.29. The minimum absolute atomic E-state index is 0. The van der Waals surface area contributed by atoms with Crippen LogP contribution in [0.25, 0.3) is 0 Å². The van der Waals surface area contributed by atoms with Gasteiger partial charge in [-0.2, -0.15) is 0 Å². The van der Waals surface area contributed by atoms with Gasteiger partial charge in [0.2, 0.25) is 10.0 Å². The van der Waals surface area contributed by atoms with Crippen LogP contribution in [0.4, 0.5) is 0 Å². The Morgan fingerprint density at radius 3 is 2.26 bits per heavy atom. The summed E-state index contributed by atoms with van der Waals surface area (Å²) in [5.41, 5.74) is 5.43. The second-order valence-electron chi connectivity index (χ2n) is 5.41. The molecule has 4 nitrogen and oxygen atoms in total. The minimum Gasteiger partial charge on any atom is -0.330 e. The molecule has 0 bridgehead atoms. The van der Waals surface area contributed by atoms with E-state index in [1.165, 1.54) is 15.6 Å². The third-order valence-electron chi connectivity index (χ3n) is 2.89. The highest BCUT2D eigenvalue weighted by molar-refractivity contribution is 7.89. The number of hydrogen-bond acceptors (Lipinski definition) is 4. The number of rotatable bonds is 5. The molecule has 0 amide bonds. The molecular formula is C12H23ClN2O2S2. The fourth-order valence-corrected chi connectivity index (χ4v) is 4.66. The average molecular weight is 327 g/mol. The first-order valence-electron chi connectivity index (χ1n) is 5.83. The van der Waals surface area contributed by atoms with Gasteiger partial charge in [-0.3, -0.25) is 0 Å². The van der Waals surface area contributed by atoms with Gasteiger partial charge < -0.3 is 5.73 Å². The van der Waals surface area contributed by atoms with E-state index in [9.17, 15) is 8.42 Å². The lowest BCUT2D eigenvalue weighted by molar-refractivity contribution is 0.292. The zero-order valence-corrected chi connectivity index (χ0v) is 14.5. The Morgan fingerprint density at radius 1 is 1.37 bits per heavy atom. The van der Waals surface area contributed by atoms with E-state index in [0.717, 1.165) is 9.75 Å². The molecule has 0 radical (unpaired) electrons. The zero-order chi connectivity index (χ0) is 14.1. The number of thiophene rings is 1. The van der Waals surface area contributed by atoms with Crippen molar-refractivity contribution < 1.29 is 8.42 Å². The molecule has 7 heteroatoms. The Morgan fingerprint density at radius 2 is 1.89 bits per heavy atom. The maximum Gasteiger partial charge on any atom is 0.243 e. The van der Waals surface area contributed by atoms with Crippen LogP contribution in [-0.2, 0) is 10.0 Å². The van der Waals surface area contributed by atoms with Crippen LogP contribution in [0.1, 0.15) is 23.6 Å². The molecule has 0 spiro atoms. The third-order valence-corrected chi connectivity index (χ3v) is 5.91. The largest absolute Gasteiger partial charge is 0.330 e. The van der Waals surface area contributed by atoms with E-state index in [4.69, 9.17) is 5.73 Å². The van der Waals surface area contributed by atoms with Crippen molar-refractivity contribution >= 4 is 33.8 Å². The smallest absolute Gasteiger partial charge is 0.243 e. The van der Waals surface area contributed by atoms with Gasteiger partial charge >= 0.3 is 0 Å². The molecule has 0 unspecified atom stereocenters.